The van der Waals surface area contributed by atoms with Crippen LogP contribution in [0.1, 0.15) is 37.0 Å². The molecule has 0 saturated carbocycles. The van der Waals surface area contributed by atoms with Gasteiger partial charge in [0, 0.05) is 18.6 Å². The number of ketones is 1. The summed E-state index contributed by atoms with van der Waals surface area (Å²) in [5.41, 5.74) is -0.466. The van der Waals surface area contributed by atoms with Crippen LogP contribution in [0.3, 0.4) is 0 Å². The highest BCUT2D eigenvalue weighted by molar-refractivity contribution is 5.96. The van der Waals surface area contributed by atoms with Crippen molar-refractivity contribution in [3.05, 3.63) is 29.3 Å². The van der Waals surface area contributed by atoms with Gasteiger partial charge in [0.1, 0.15) is 17.4 Å². The highest BCUT2D eigenvalue weighted by atomic mass is 19.1. The third kappa shape index (κ3) is 3.51. The topological polar surface area (TPSA) is 26.3 Å². The number of hydrogen-bond acceptors (Lipinski definition) is 2. The number of carbonyl (C=O) groups is 1. The van der Waals surface area contributed by atoms with E-state index < -0.39 is 23.0 Å². The molecule has 94 valence electrons. The van der Waals surface area contributed by atoms with Gasteiger partial charge in [-0.1, -0.05) is 13.8 Å². The van der Waals surface area contributed by atoms with Crippen molar-refractivity contribution >= 4 is 5.78 Å². The molecule has 0 aliphatic carbocycles. The molecule has 0 radical (unpaired) electrons. The first kappa shape index (κ1) is 13.6. The molecule has 4 heteroatoms. The maximum absolute atomic E-state index is 13.5. The van der Waals surface area contributed by atoms with Crippen molar-refractivity contribution in [2.24, 2.45) is 5.92 Å². The summed E-state index contributed by atoms with van der Waals surface area (Å²) in [6.45, 7) is 3.90. The maximum Gasteiger partial charge on any atom is 0.168 e. The zero-order chi connectivity index (χ0) is 13.0. The maximum atomic E-state index is 13.5. The molecule has 0 heterocycles. The van der Waals surface area contributed by atoms with Gasteiger partial charge in [-0.2, -0.15) is 0 Å². The number of halogens is 2. The number of Topliss-reactive ketones (excluding diaryl/α,β-unsaturated/α-hetero) is 1. The lowest BCUT2D eigenvalue weighted by atomic mass is 10.0. The Labute approximate surface area is 99.6 Å². The van der Waals surface area contributed by atoms with E-state index in [9.17, 15) is 13.6 Å². The minimum absolute atomic E-state index is 0.0698. The Morgan fingerprint density at radius 1 is 1.29 bits per heavy atom. The third-order valence-electron chi connectivity index (χ3n) is 2.48. The van der Waals surface area contributed by atoms with Gasteiger partial charge < -0.3 is 4.74 Å². The van der Waals surface area contributed by atoms with Crippen LogP contribution in [-0.4, -0.2) is 12.9 Å². The van der Waals surface area contributed by atoms with Gasteiger partial charge in [-0.05, 0) is 12.3 Å². The Morgan fingerprint density at radius 3 is 2.24 bits per heavy atom. The predicted molar refractivity (Wildman–Crippen MR) is 61.3 cm³/mol. The van der Waals surface area contributed by atoms with Crippen molar-refractivity contribution in [3.63, 3.8) is 0 Å². The number of hydrogen-bond donors (Lipinski definition) is 0. The normalized spacial score (nSPS) is 10.7. The van der Waals surface area contributed by atoms with E-state index in [1.807, 2.05) is 13.8 Å². The third-order valence-corrected chi connectivity index (χ3v) is 2.48. The van der Waals surface area contributed by atoms with Crippen molar-refractivity contribution in [3.8, 4) is 5.75 Å². The zero-order valence-electron chi connectivity index (χ0n) is 10.2. The monoisotopic (exact) mass is 242 g/mol. The van der Waals surface area contributed by atoms with E-state index in [1.165, 1.54) is 7.11 Å². The second-order valence-corrected chi connectivity index (χ2v) is 4.32. The van der Waals surface area contributed by atoms with Crippen LogP contribution in [0, 0.1) is 17.6 Å². The molecule has 0 spiro atoms. The first-order valence-corrected chi connectivity index (χ1v) is 5.52. The Balaban J connectivity index is 2.94. The van der Waals surface area contributed by atoms with Crippen molar-refractivity contribution in [1.82, 2.24) is 0 Å². The van der Waals surface area contributed by atoms with Gasteiger partial charge >= 0.3 is 0 Å². The van der Waals surface area contributed by atoms with Crippen LogP contribution in [0.25, 0.3) is 0 Å². The standard InChI is InChI=1S/C13H16F2O2/c1-8(2)4-5-12(16)13-10(14)6-9(17-3)7-11(13)15/h6-8H,4-5H2,1-3H3. The summed E-state index contributed by atoms with van der Waals surface area (Å²) in [6, 6.07) is 2.04. The first-order valence-electron chi connectivity index (χ1n) is 5.52. The van der Waals surface area contributed by atoms with Crippen LogP contribution in [0.2, 0.25) is 0 Å². The van der Waals surface area contributed by atoms with Gasteiger partial charge in [0.2, 0.25) is 0 Å². The molecule has 1 rings (SSSR count). The fourth-order valence-electron chi connectivity index (χ4n) is 1.48. The molecule has 0 atom stereocenters. The molecule has 1 aromatic carbocycles. The number of benzene rings is 1. The van der Waals surface area contributed by atoms with E-state index in [0.717, 1.165) is 12.1 Å². The highest BCUT2D eigenvalue weighted by Gasteiger charge is 2.18. The number of methoxy groups -OCH3 is 1. The second kappa shape index (κ2) is 5.75. The summed E-state index contributed by atoms with van der Waals surface area (Å²) in [5, 5.41) is 0. The molecular formula is C13H16F2O2. The van der Waals surface area contributed by atoms with Crippen molar-refractivity contribution in [2.45, 2.75) is 26.7 Å². The van der Waals surface area contributed by atoms with E-state index in [2.05, 4.69) is 0 Å². The SMILES string of the molecule is COc1cc(F)c(C(=O)CCC(C)C)c(F)c1. The average molecular weight is 242 g/mol. The van der Waals surface area contributed by atoms with Crippen molar-refractivity contribution in [1.29, 1.82) is 0 Å². The Hall–Kier alpha value is -1.45. The molecule has 0 aromatic heterocycles. The van der Waals surface area contributed by atoms with Gasteiger partial charge in [-0.25, -0.2) is 8.78 Å². The number of rotatable bonds is 5. The lowest BCUT2D eigenvalue weighted by molar-refractivity contribution is 0.0967. The van der Waals surface area contributed by atoms with Gasteiger partial charge in [0.25, 0.3) is 0 Å². The largest absolute Gasteiger partial charge is 0.497 e. The van der Waals surface area contributed by atoms with Gasteiger partial charge in [-0.3, -0.25) is 4.79 Å². The first-order chi connectivity index (χ1) is 7.95. The quantitative estimate of drug-likeness (QED) is 0.737. The van der Waals surface area contributed by atoms with Crippen LogP contribution in [0.15, 0.2) is 12.1 Å². The van der Waals surface area contributed by atoms with Crippen LogP contribution < -0.4 is 4.74 Å². The molecule has 0 aliphatic heterocycles. The summed E-state index contributed by atoms with van der Waals surface area (Å²) in [5.74, 6) is -1.84. The summed E-state index contributed by atoms with van der Waals surface area (Å²) in [4.78, 5) is 11.7. The fourth-order valence-corrected chi connectivity index (χ4v) is 1.48. The van der Waals surface area contributed by atoms with Gasteiger partial charge in [0.15, 0.2) is 5.78 Å². The van der Waals surface area contributed by atoms with E-state index in [-0.39, 0.29) is 12.2 Å². The Morgan fingerprint density at radius 2 is 1.82 bits per heavy atom. The molecular weight excluding hydrogens is 226 g/mol. The van der Waals surface area contributed by atoms with Gasteiger partial charge in [0.05, 0.1) is 12.7 Å². The van der Waals surface area contributed by atoms with Crippen molar-refractivity contribution < 1.29 is 18.3 Å². The molecule has 0 bridgehead atoms. The molecule has 0 amide bonds. The van der Waals surface area contributed by atoms with E-state index >= 15 is 0 Å². The summed E-state index contributed by atoms with van der Waals surface area (Å²) < 4.78 is 31.8. The molecule has 17 heavy (non-hydrogen) atoms. The zero-order valence-corrected chi connectivity index (χ0v) is 10.2. The minimum atomic E-state index is -0.865. The average Bonchev–Trinajstić information content (AvgIpc) is 2.25. The summed E-state index contributed by atoms with van der Waals surface area (Å²) in [7, 11) is 1.31. The Kier molecular flexibility index (Phi) is 4.61. The minimum Gasteiger partial charge on any atom is -0.497 e. The van der Waals surface area contributed by atoms with E-state index in [4.69, 9.17) is 4.74 Å². The van der Waals surface area contributed by atoms with E-state index in [0.29, 0.717) is 12.3 Å². The lowest BCUT2D eigenvalue weighted by Crippen LogP contribution is -2.07. The van der Waals surface area contributed by atoms with Crippen LogP contribution >= 0.6 is 0 Å². The predicted octanol–water partition coefficient (Wildman–Crippen LogP) is 3.59. The van der Waals surface area contributed by atoms with Crippen molar-refractivity contribution in [2.75, 3.05) is 7.11 Å². The summed E-state index contributed by atoms with van der Waals surface area (Å²) in [6.07, 6.45) is 0.765. The fraction of sp³-hybridized carbons (Fsp3) is 0.462. The highest BCUT2D eigenvalue weighted by Crippen LogP contribution is 2.22. The number of carbonyl (C=O) groups excluding carboxylic acids is 1. The molecule has 0 fully saturated rings. The Bertz CT molecular complexity index is 391. The molecule has 2 nitrogen and oxygen atoms in total. The van der Waals surface area contributed by atoms with Crippen LogP contribution in [0.5, 0.6) is 5.75 Å². The second-order valence-electron chi connectivity index (χ2n) is 4.32. The summed E-state index contributed by atoms with van der Waals surface area (Å²) >= 11 is 0. The molecule has 0 saturated heterocycles. The van der Waals surface area contributed by atoms with Crippen LogP contribution in [0.4, 0.5) is 8.78 Å². The number of ether oxygens (including phenoxy) is 1. The van der Waals surface area contributed by atoms with Crippen LogP contribution in [-0.2, 0) is 0 Å². The smallest absolute Gasteiger partial charge is 0.168 e. The molecule has 0 aliphatic rings. The van der Waals surface area contributed by atoms with Gasteiger partial charge in [-0.15, -0.1) is 0 Å². The molecule has 1 aromatic rings. The van der Waals surface area contributed by atoms with E-state index in [1.54, 1.807) is 0 Å². The molecule has 0 unspecified atom stereocenters. The lowest BCUT2D eigenvalue weighted by Gasteiger charge is -2.08. The molecule has 0 N–H and O–H groups in total.